The lowest BCUT2D eigenvalue weighted by Crippen LogP contribution is -2.35. The predicted molar refractivity (Wildman–Crippen MR) is 80.9 cm³/mol. The first-order chi connectivity index (χ1) is 8.58. The molecule has 102 valence electrons. The lowest BCUT2D eigenvalue weighted by molar-refractivity contribution is 0.356. The molecule has 1 aromatic rings. The van der Waals surface area contributed by atoms with Crippen molar-refractivity contribution in [2.45, 2.75) is 66.0 Å². The molecule has 0 heterocycles. The normalized spacial score (nSPS) is 14.8. The van der Waals surface area contributed by atoms with Gasteiger partial charge in [0.2, 0.25) is 0 Å². The second-order valence-electron chi connectivity index (χ2n) is 5.64. The maximum atomic E-state index is 3.73. The van der Waals surface area contributed by atoms with Crippen molar-refractivity contribution in [3.63, 3.8) is 0 Å². The fourth-order valence-electron chi connectivity index (χ4n) is 2.46. The molecule has 0 fully saturated rings. The van der Waals surface area contributed by atoms with E-state index >= 15 is 0 Å². The van der Waals surface area contributed by atoms with Gasteiger partial charge in [-0.3, -0.25) is 0 Å². The number of rotatable bonds is 7. The van der Waals surface area contributed by atoms with Gasteiger partial charge in [-0.15, -0.1) is 0 Å². The Kier molecular flexibility index (Phi) is 6.42. The highest BCUT2D eigenvalue weighted by Gasteiger charge is 2.14. The highest BCUT2D eigenvalue weighted by molar-refractivity contribution is 5.24. The maximum Gasteiger partial charge on any atom is 0.0294 e. The SMILES string of the molecule is CCCc1ccc(C(C)NC(CC)C(C)C)cc1. The van der Waals surface area contributed by atoms with Crippen molar-refractivity contribution in [2.75, 3.05) is 0 Å². The van der Waals surface area contributed by atoms with E-state index in [9.17, 15) is 0 Å². The molecule has 1 heteroatoms. The van der Waals surface area contributed by atoms with Crippen LogP contribution in [0.4, 0.5) is 0 Å². The van der Waals surface area contributed by atoms with Gasteiger partial charge in [0, 0.05) is 12.1 Å². The van der Waals surface area contributed by atoms with Crippen molar-refractivity contribution >= 4 is 0 Å². The Balaban J connectivity index is 2.63. The zero-order valence-electron chi connectivity index (χ0n) is 12.7. The van der Waals surface area contributed by atoms with Crippen LogP contribution in [0.15, 0.2) is 24.3 Å². The van der Waals surface area contributed by atoms with Crippen LogP contribution in [0.2, 0.25) is 0 Å². The molecule has 1 rings (SSSR count). The standard InChI is InChI=1S/C17H29N/c1-6-8-15-9-11-16(12-10-15)14(5)18-17(7-2)13(3)4/h9-14,17-18H,6-8H2,1-5H3. The van der Waals surface area contributed by atoms with Gasteiger partial charge in [-0.25, -0.2) is 0 Å². The third kappa shape index (κ3) is 4.45. The van der Waals surface area contributed by atoms with Gasteiger partial charge in [-0.05, 0) is 36.8 Å². The summed E-state index contributed by atoms with van der Waals surface area (Å²) in [7, 11) is 0. The van der Waals surface area contributed by atoms with Crippen LogP contribution in [0, 0.1) is 5.92 Å². The molecule has 0 bridgehead atoms. The summed E-state index contributed by atoms with van der Waals surface area (Å²) in [6.45, 7) is 11.3. The molecule has 0 aliphatic carbocycles. The second-order valence-corrected chi connectivity index (χ2v) is 5.64. The molecular weight excluding hydrogens is 218 g/mol. The Hall–Kier alpha value is -0.820. The van der Waals surface area contributed by atoms with Crippen LogP contribution in [0.25, 0.3) is 0 Å². The largest absolute Gasteiger partial charge is 0.307 e. The summed E-state index contributed by atoms with van der Waals surface area (Å²) in [6.07, 6.45) is 3.60. The smallest absolute Gasteiger partial charge is 0.0294 e. The fraction of sp³-hybridized carbons (Fsp3) is 0.647. The van der Waals surface area contributed by atoms with Gasteiger partial charge in [0.15, 0.2) is 0 Å². The summed E-state index contributed by atoms with van der Waals surface area (Å²) in [5.41, 5.74) is 2.85. The van der Waals surface area contributed by atoms with Crippen molar-refractivity contribution in [2.24, 2.45) is 5.92 Å². The summed E-state index contributed by atoms with van der Waals surface area (Å²) in [4.78, 5) is 0. The van der Waals surface area contributed by atoms with Crippen molar-refractivity contribution in [3.05, 3.63) is 35.4 Å². The molecule has 0 aromatic heterocycles. The fourth-order valence-corrected chi connectivity index (χ4v) is 2.46. The van der Waals surface area contributed by atoms with Crippen LogP contribution >= 0.6 is 0 Å². The number of benzene rings is 1. The van der Waals surface area contributed by atoms with Gasteiger partial charge < -0.3 is 5.32 Å². The average Bonchev–Trinajstić information content (AvgIpc) is 2.36. The zero-order valence-corrected chi connectivity index (χ0v) is 12.7. The molecule has 2 atom stereocenters. The molecule has 1 aromatic carbocycles. The van der Waals surface area contributed by atoms with E-state index in [2.05, 4.69) is 64.2 Å². The van der Waals surface area contributed by atoms with Gasteiger partial charge in [-0.1, -0.05) is 58.4 Å². The van der Waals surface area contributed by atoms with Crippen LogP contribution in [0.5, 0.6) is 0 Å². The van der Waals surface area contributed by atoms with Crippen molar-refractivity contribution in [1.29, 1.82) is 0 Å². The first-order valence-electron chi connectivity index (χ1n) is 7.43. The van der Waals surface area contributed by atoms with Crippen LogP contribution in [-0.4, -0.2) is 6.04 Å². The Morgan fingerprint density at radius 1 is 1.00 bits per heavy atom. The van der Waals surface area contributed by atoms with Gasteiger partial charge in [0.1, 0.15) is 0 Å². The summed E-state index contributed by atoms with van der Waals surface area (Å²) in [5, 5.41) is 3.73. The molecule has 0 aliphatic heterocycles. The van der Waals surface area contributed by atoms with E-state index in [1.165, 1.54) is 30.4 Å². The predicted octanol–water partition coefficient (Wildman–Crippen LogP) is 4.72. The molecule has 0 amide bonds. The van der Waals surface area contributed by atoms with Crippen LogP contribution < -0.4 is 5.32 Å². The molecule has 0 radical (unpaired) electrons. The van der Waals surface area contributed by atoms with E-state index in [1.807, 2.05) is 0 Å². The first kappa shape index (κ1) is 15.2. The van der Waals surface area contributed by atoms with Crippen molar-refractivity contribution in [3.8, 4) is 0 Å². The topological polar surface area (TPSA) is 12.0 Å². The summed E-state index contributed by atoms with van der Waals surface area (Å²) < 4.78 is 0. The molecule has 0 spiro atoms. The number of nitrogens with one attached hydrogen (secondary N) is 1. The van der Waals surface area contributed by atoms with Gasteiger partial charge in [0.05, 0.1) is 0 Å². The van der Waals surface area contributed by atoms with Crippen molar-refractivity contribution < 1.29 is 0 Å². The van der Waals surface area contributed by atoms with E-state index in [0.717, 1.165) is 0 Å². The van der Waals surface area contributed by atoms with Crippen LogP contribution in [-0.2, 0) is 6.42 Å². The van der Waals surface area contributed by atoms with E-state index in [4.69, 9.17) is 0 Å². The second kappa shape index (κ2) is 7.58. The van der Waals surface area contributed by atoms with Crippen LogP contribution in [0.1, 0.15) is 64.6 Å². The molecule has 1 nitrogen and oxygen atoms in total. The number of hydrogen-bond donors (Lipinski definition) is 1. The van der Waals surface area contributed by atoms with E-state index < -0.39 is 0 Å². The minimum Gasteiger partial charge on any atom is -0.307 e. The lowest BCUT2D eigenvalue weighted by Gasteiger charge is -2.25. The monoisotopic (exact) mass is 247 g/mol. The molecule has 0 saturated carbocycles. The Labute approximate surface area is 113 Å². The van der Waals surface area contributed by atoms with Gasteiger partial charge in [0.25, 0.3) is 0 Å². The minimum atomic E-state index is 0.438. The molecule has 0 aliphatic rings. The summed E-state index contributed by atoms with van der Waals surface area (Å²) >= 11 is 0. The molecule has 18 heavy (non-hydrogen) atoms. The Bertz CT molecular complexity index is 326. The highest BCUT2D eigenvalue weighted by Crippen LogP contribution is 2.17. The van der Waals surface area contributed by atoms with Gasteiger partial charge in [-0.2, -0.15) is 0 Å². The lowest BCUT2D eigenvalue weighted by atomic mass is 9.98. The highest BCUT2D eigenvalue weighted by atomic mass is 14.9. The Morgan fingerprint density at radius 2 is 1.61 bits per heavy atom. The molecule has 2 unspecified atom stereocenters. The maximum absolute atomic E-state index is 3.73. The summed E-state index contributed by atoms with van der Waals surface area (Å²) in [5.74, 6) is 0.691. The molecule has 0 saturated heterocycles. The first-order valence-corrected chi connectivity index (χ1v) is 7.43. The summed E-state index contributed by atoms with van der Waals surface area (Å²) in [6, 6.07) is 10.1. The number of aryl methyl sites for hydroxylation is 1. The third-order valence-corrected chi connectivity index (χ3v) is 3.73. The van der Waals surface area contributed by atoms with E-state index in [1.54, 1.807) is 0 Å². The minimum absolute atomic E-state index is 0.438. The van der Waals surface area contributed by atoms with Gasteiger partial charge >= 0.3 is 0 Å². The average molecular weight is 247 g/mol. The van der Waals surface area contributed by atoms with Crippen LogP contribution in [0.3, 0.4) is 0 Å². The van der Waals surface area contributed by atoms with Crippen molar-refractivity contribution in [1.82, 2.24) is 5.32 Å². The zero-order chi connectivity index (χ0) is 13.5. The Morgan fingerprint density at radius 3 is 2.06 bits per heavy atom. The van der Waals surface area contributed by atoms with E-state index in [0.29, 0.717) is 18.0 Å². The molecular formula is C17H29N. The van der Waals surface area contributed by atoms with E-state index in [-0.39, 0.29) is 0 Å². The third-order valence-electron chi connectivity index (χ3n) is 3.73. The number of hydrogen-bond acceptors (Lipinski definition) is 1. The molecule has 1 N–H and O–H groups in total. The quantitative estimate of drug-likeness (QED) is 0.735.